The Kier molecular flexibility index (Phi) is 4.16. The number of nitrogens with zero attached hydrogens (tertiary/aromatic N) is 3. The fraction of sp³-hybridized carbons (Fsp3) is 0.357. The molecule has 2 heterocycles. The Balaban J connectivity index is 2.36. The number of nitrogens with two attached hydrogens (primary N) is 1. The van der Waals surface area contributed by atoms with Crippen molar-refractivity contribution in [2.45, 2.75) is 26.7 Å². The van der Waals surface area contributed by atoms with Gasteiger partial charge in [-0.05, 0) is 50.9 Å². The molecule has 0 spiro atoms. The summed E-state index contributed by atoms with van der Waals surface area (Å²) in [4.78, 5) is 12.9. The molecule has 0 aliphatic carbocycles. The van der Waals surface area contributed by atoms with Gasteiger partial charge in [-0.2, -0.15) is 0 Å². The number of pyridine rings is 1. The summed E-state index contributed by atoms with van der Waals surface area (Å²) in [6, 6.07) is 2.95. The second-order valence-corrected chi connectivity index (χ2v) is 4.45. The number of aryl methyl sites for hydroxylation is 2. The fourth-order valence-electron chi connectivity index (χ4n) is 2.00. The van der Waals surface area contributed by atoms with E-state index in [9.17, 15) is 4.39 Å². The molecule has 0 unspecified atom stereocenters. The van der Waals surface area contributed by atoms with Gasteiger partial charge in [0.15, 0.2) is 5.82 Å². The molecule has 2 aromatic rings. The third-order valence-corrected chi connectivity index (χ3v) is 3.01. The molecule has 5 heteroatoms. The average molecular weight is 260 g/mol. The van der Waals surface area contributed by atoms with Gasteiger partial charge in [0.05, 0.1) is 6.20 Å². The van der Waals surface area contributed by atoms with Crippen molar-refractivity contribution in [1.82, 2.24) is 15.0 Å². The molecule has 0 radical (unpaired) electrons. The molecule has 0 atom stereocenters. The highest BCUT2D eigenvalue weighted by Gasteiger charge is 2.10. The summed E-state index contributed by atoms with van der Waals surface area (Å²) in [6.07, 6.45) is 2.97. The van der Waals surface area contributed by atoms with Crippen molar-refractivity contribution in [3.63, 3.8) is 0 Å². The van der Waals surface area contributed by atoms with Gasteiger partial charge in [0.1, 0.15) is 11.5 Å². The summed E-state index contributed by atoms with van der Waals surface area (Å²) in [6.45, 7) is 4.56. The first-order valence-corrected chi connectivity index (χ1v) is 6.28. The van der Waals surface area contributed by atoms with Gasteiger partial charge >= 0.3 is 0 Å². The molecule has 0 bridgehead atoms. The SMILES string of the molecule is Cc1nc(-c2ccc(F)cn2)nc(C)c1CCCN. The highest BCUT2D eigenvalue weighted by molar-refractivity contribution is 5.50. The van der Waals surface area contributed by atoms with Crippen LogP contribution in [0.3, 0.4) is 0 Å². The van der Waals surface area contributed by atoms with E-state index in [-0.39, 0.29) is 5.82 Å². The lowest BCUT2D eigenvalue weighted by Crippen LogP contribution is -2.07. The van der Waals surface area contributed by atoms with Crippen LogP contribution in [0.1, 0.15) is 23.4 Å². The first-order chi connectivity index (χ1) is 9.11. The van der Waals surface area contributed by atoms with Crippen molar-refractivity contribution in [3.05, 3.63) is 41.1 Å². The Morgan fingerprint density at radius 2 is 1.84 bits per heavy atom. The molecule has 0 fully saturated rings. The van der Waals surface area contributed by atoms with E-state index in [4.69, 9.17) is 5.73 Å². The van der Waals surface area contributed by atoms with E-state index in [2.05, 4.69) is 15.0 Å². The summed E-state index contributed by atoms with van der Waals surface area (Å²) < 4.78 is 12.8. The average Bonchev–Trinajstić information content (AvgIpc) is 2.38. The molecular weight excluding hydrogens is 243 g/mol. The van der Waals surface area contributed by atoms with Gasteiger partial charge in [0, 0.05) is 11.4 Å². The monoisotopic (exact) mass is 260 g/mol. The zero-order chi connectivity index (χ0) is 13.8. The lowest BCUT2D eigenvalue weighted by Gasteiger charge is -2.10. The molecule has 0 amide bonds. The molecule has 2 rings (SSSR count). The second-order valence-electron chi connectivity index (χ2n) is 4.45. The van der Waals surface area contributed by atoms with E-state index in [1.807, 2.05) is 13.8 Å². The molecule has 100 valence electrons. The van der Waals surface area contributed by atoms with Crippen LogP contribution in [0.2, 0.25) is 0 Å². The molecule has 0 saturated carbocycles. The standard InChI is InChI=1S/C14H17FN4/c1-9-12(4-3-7-16)10(2)19-14(18-9)13-6-5-11(15)8-17-13/h5-6,8H,3-4,7,16H2,1-2H3. The topological polar surface area (TPSA) is 64.7 Å². The maximum absolute atomic E-state index is 12.8. The molecule has 0 saturated heterocycles. The van der Waals surface area contributed by atoms with Gasteiger partial charge in [-0.1, -0.05) is 0 Å². The highest BCUT2D eigenvalue weighted by atomic mass is 19.1. The Morgan fingerprint density at radius 1 is 1.16 bits per heavy atom. The molecule has 2 aromatic heterocycles. The lowest BCUT2D eigenvalue weighted by molar-refractivity contribution is 0.621. The zero-order valence-corrected chi connectivity index (χ0v) is 11.2. The Morgan fingerprint density at radius 3 is 2.37 bits per heavy atom. The third kappa shape index (κ3) is 3.12. The molecule has 0 aromatic carbocycles. The minimum Gasteiger partial charge on any atom is -0.330 e. The lowest BCUT2D eigenvalue weighted by atomic mass is 10.1. The van der Waals surface area contributed by atoms with E-state index in [1.54, 1.807) is 6.07 Å². The van der Waals surface area contributed by atoms with Crippen molar-refractivity contribution >= 4 is 0 Å². The summed E-state index contributed by atoms with van der Waals surface area (Å²) in [7, 11) is 0. The molecule has 2 N–H and O–H groups in total. The maximum Gasteiger partial charge on any atom is 0.178 e. The van der Waals surface area contributed by atoms with Crippen molar-refractivity contribution in [3.8, 4) is 11.5 Å². The Hall–Kier alpha value is -1.88. The van der Waals surface area contributed by atoms with Crippen molar-refractivity contribution in [1.29, 1.82) is 0 Å². The van der Waals surface area contributed by atoms with E-state index >= 15 is 0 Å². The van der Waals surface area contributed by atoms with Crippen LogP contribution in [0.25, 0.3) is 11.5 Å². The van der Waals surface area contributed by atoms with Crippen LogP contribution in [-0.2, 0) is 6.42 Å². The summed E-state index contributed by atoms with van der Waals surface area (Å²) in [5.41, 5.74) is 9.11. The first-order valence-electron chi connectivity index (χ1n) is 6.28. The van der Waals surface area contributed by atoms with E-state index < -0.39 is 0 Å². The zero-order valence-electron chi connectivity index (χ0n) is 11.2. The van der Waals surface area contributed by atoms with Crippen molar-refractivity contribution < 1.29 is 4.39 Å². The quantitative estimate of drug-likeness (QED) is 0.915. The van der Waals surface area contributed by atoms with Crippen LogP contribution in [0.15, 0.2) is 18.3 Å². The van der Waals surface area contributed by atoms with E-state index in [1.165, 1.54) is 12.3 Å². The van der Waals surface area contributed by atoms with Crippen LogP contribution in [0, 0.1) is 19.7 Å². The predicted octanol–water partition coefficient (Wildman–Crippen LogP) is 2.19. The van der Waals surface area contributed by atoms with Crippen LogP contribution in [-0.4, -0.2) is 21.5 Å². The van der Waals surface area contributed by atoms with Gasteiger partial charge in [-0.25, -0.2) is 19.3 Å². The van der Waals surface area contributed by atoms with Crippen LogP contribution in [0.5, 0.6) is 0 Å². The van der Waals surface area contributed by atoms with Crippen molar-refractivity contribution in [2.24, 2.45) is 5.73 Å². The van der Waals surface area contributed by atoms with Gasteiger partial charge < -0.3 is 5.73 Å². The third-order valence-electron chi connectivity index (χ3n) is 3.01. The van der Waals surface area contributed by atoms with Gasteiger partial charge in [-0.3, -0.25) is 0 Å². The van der Waals surface area contributed by atoms with E-state index in [0.717, 1.165) is 29.8 Å². The largest absolute Gasteiger partial charge is 0.330 e. The normalized spacial score (nSPS) is 10.7. The Bertz CT molecular complexity index is 543. The molecule has 0 aliphatic rings. The smallest absolute Gasteiger partial charge is 0.178 e. The predicted molar refractivity (Wildman–Crippen MR) is 72.1 cm³/mol. The second kappa shape index (κ2) is 5.84. The number of hydrogen-bond donors (Lipinski definition) is 1. The minimum absolute atomic E-state index is 0.364. The fourth-order valence-corrected chi connectivity index (χ4v) is 2.00. The van der Waals surface area contributed by atoms with Crippen LogP contribution >= 0.6 is 0 Å². The molecule has 0 aliphatic heterocycles. The van der Waals surface area contributed by atoms with Crippen molar-refractivity contribution in [2.75, 3.05) is 6.54 Å². The van der Waals surface area contributed by atoms with Crippen LogP contribution < -0.4 is 5.73 Å². The van der Waals surface area contributed by atoms with E-state index in [0.29, 0.717) is 18.1 Å². The number of hydrogen-bond acceptors (Lipinski definition) is 4. The number of halogens is 1. The molecule has 19 heavy (non-hydrogen) atoms. The summed E-state index contributed by atoms with van der Waals surface area (Å²) >= 11 is 0. The summed E-state index contributed by atoms with van der Waals surface area (Å²) in [5, 5.41) is 0. The number of aromatic nitrogens is 3. The van der Waals surface area contributed by atoms with Gasteiger partial charge in [-0.15, -0.1) is 0 Å². The summed E-state index contributed by atoms with van der Waals surface area (Å²) in [5.74, 6) is 0.170. The number of rotatable bonds is 4. The van der Waals surface area contributed by atoms with Crippen LogP contribution in [0.4, 0.5) is 4.39 Å². The first kappa shape index (κ1) is 13.5. The minimum atomic E-state index is -0.364. The highest BCUT2D eigenvalue weighted by Crippen LogP contribution is 2.18. The molecule has 4 nitrogen and oxygen atoms in total. The molecular formula is C14H17FN4. The maximum atomic E-state index is 12.8. The van der Waals surface area contributed by atoms with Gasteiger partial charge in [0.25, 0.3) is 0 Å². The van der Waals surface area contributed by atoms with Gasteiger partial charge in [0.2, 0.25) is 0 Å². The Labute approximate surface area is 111 Å².